The Kier molecular flexibility index (Phi) is 4.79. The Hall–Kier alpha value is -2.52. The molecule has 3 rings (SSSR count). The molecule has 0 aliphatic carbocycles. The molecule has 3 aromatic carbocycles. The van der Waals surface area contributed by atoms with Gasteiger partial charge in [-0.2, -0.15) is 0 Å². The van der Waals surface area contributed by atoms with E-state index in [4.69, 9.17) is 16.3 Å². The molecular formula is C19H16ClNO2. The van der Waals surface area contributed by atoms with E-state index in [0.717, 1.165) is 16.5 Å². The average molecular weight is 326 g/mol. The van der Waals surface area contributed by atoms with Gasteiger partial charge in [-0.05, 0) is 29.7 Å². The molecule has 0 aromatic heterocycles. The van der Waals surface area contributed by atoms with E-state index in [2.05, 4.69) is 5.32 Å². The second-order valence-electron chi connectivity index (χ2n) is 5.09. The molecule has 0 spiro atoms. The molecule has 0 unspecified atom stereocenters. The highest BCUT2D eigenvalue weighted by Gasteiger charge is 2.05. The van der Waals surface area contributed by atoms with Gasteiger partial charge in [0.2, 0.25) is 0 Å². The largest absolute Gasteiger partial charge is 0.491 e. The third-order valence-electron chi connectivity index (χ3n) is 3.48. The molecule has 23 heavy (non-hydrogen) atoms. The monoisotopic (exact) mass is 325 g/mol. The molecule has 0 heterocycles. The van der Waals surface area contributed by atoms with Gasteiger partial charge >= 0.3 is 0 Å². The van der Waals surface area contributed by atoms with Crippen LogP contribution in [0.15, 0.2) is 66.7 Å². The number of benzene rings is 3. The normalized spacial score (nSPS) is 10.5. The molecule has 4 heteroatoms. The summed E-state index contributed by atoms with van der Waals surface area (Å²) in [6, 6.07) is 20.8. The average Bonchev–Trinajstić information content (AvgIpc) is 2.58. The van der Waals surface area contributed by atoms with Crippen LogP contribution in [0, 0.1) is 0 Å². The standard InChI is InChI=1S/C19H16ClNO2/c20-16-8-3-7-15(13-16)19(22)21-11-12-23-18-10-4-6-14-5-1-2-9-17(14)18/h1-10,13H,11-12H2,(H,21,22). The van der Waals surface area contributed by atoms with Crippen molar-refractivity contribution in [1.29, 1.82) is 0 Å². The maximum atomic E-state index is 12.0. The van der Waals surface area contributed by atoms with Crippen molar-refractivity contribution in [1.82, 2.24) is 5.32 Å². The van der Waals surface area contributed by atoms with E-state index in [9.17, 15) is 4.79 Å². The first-order valence-corrected chi connectivity index (χ1v) is 7.76. The van der Waals surface area contributed by atoms with Crippen molar-refractivity contribution in [2.45, 2.75) is 0 Å². The summed E-state index contributed by atoms with van der Waals surface area (Å²) in [4.78, 5) is 12.0. The summed E-state index contributed by atoms with van der Waals surface area (Å²) in [5.41, 5.74) is 0.544. The van der Waals surface area contributed by atoms with Gasteiger partial charge in [0.25, 0.3) is 5.91 Å². The SMILES string of the molecule is O=C(NCCOc1cccc2ccccc12)c1cccc(Cl)c1. The molecule has 0 aliphatic rings. The van der Waals surface area contributed by atoms with Crippen molar-refractivity contribution in [3.8, 4) is 5.75 Å². The number of hydrogen-bond acceptors (Lipinski definition) is 2. The Morgan fingerprint density at radius 2 is 1.78 bits per heavy atom. The van der Waals surface area contributed by atoms with Gasteiger partial charge in [-0.1, -0.05) is 54.1 Å². The molecule has 0 aliphatic heterocycles. The van der Waals surface area contributed by atoms with E-state index in [1.54, 1.807) is 24.3 Å². The van der Waals surface area contributed by atoms with Crippen molar-refractivity contribution in [2.75, 3.05) is 13.2 Å². The molecule has 0 fully saturated rings. The lowest BCUT2D eigenvalue weighted by Crippen LogP contribution is -2.28. The van der Waals surface area contributed by atoms with E-state index in [-0.39, 0.29) is 5.91 Å². The summed E-state index contributed by atoms with van der Waals surface area (Å²) in [5, 5.41) is 5.57. The summed E-state index contributed by atoms with van der Waals surface area (Å²) in [5.74, 6) is 0.661. The van der Waals surface area contributed by atoms with Gasteiger partial charge in [0.1, 0.15) is 12.4 Å². The van der Waals surface area contributed by atoms with Gasteiger partial charge in [0.05, 0.1) is 6.54 Å². The second kappa shape index (κ2) is 7.16. The van der Waals surface area contributed by atoms with E-state index >= 15 is 0 Å². The van der Waals surface area contributed by atoms with Gasteiger partial charge in [-0.15, -0.1) is 0 Å². The van der Waals surface area contributed by atoms with Crippen molar-refractivity contribution in [3.63, 3.8) is 0 Å². The zero-order valence-electron chi connectivity index (χ0n) is 12.5. The third kappa shape index (κ3) is 3.82. The summed E-state index contributed by atoms with van der Waals surface area (Å²) in [6.07, 6.45) is 0. The lowest BCUT2D eigenvalue weighted by atomic mass is 10.1. The number of hydrogen-bond donors (Lipinski definition) is 1. The quantitative estimate of drug-likeness (QED) is 0.710. The molecule has 0 saturated carbocycles. The Morgan fingerprint density at radius 3 is 2.65 bits per heavy atom. The zero-order chi connectivity index (χ0) is 16.1. The van der Waals surface area contributed by atoms with E-state index in [1.165, 1.54) is 0 Å². The second-order valence-corrected chi connectivity index (χ2v) is 5.53. The lowest BCUT2D eigenvalue weighted by Gasteiger charge is -2.10. The zero-order valence-corrected chi connectivity index (χ0v) is 13.2. The number of ether oxygens (including phenoxy) is 1. The van der Waals surface area contributed by atoms with Crippen LogP contribution in [0.5, 0.6) is 5.75 Å². The molecular weight excluding hydrogens is 310 g/mol. The first-order valence-electron chi connectivity index (χ1n) is 7.38. The van der Waals surface area contributed by atoms with Crippen LogP contribution in [-0.2, 0) is 0 Å². The number of amides is 1. The van der Waals surface area contributed by atoms with Crippen LogP contribution in [0.1, 0.15) is 10.4 Å². The Labute approximate surface area is 139 Å². The van der Waals surface area contributed by atoms with E-state index in [0.29, 0.717) is 23.7 Å². The highest BCUT2D eigenvalue weighted by molar-refractivity contribution is 6.30. The highest BCUT2D eigenvalue weighted by Crippen LogP contribution is 2.24. The number of fused-ring (bicyclic) bond motifs is 1. The number of rotatable bonds is 5. The van der Waals surface area contributed by atoms with Crippen molar-refractivity contribution >= 4 is 28.3 Å². The van der Waals surface area contributed by atoms with Crippen molar-refractivity contribution in [2.24, 2.45) is 0 Å². The number of nitrogens with one attached hydrogen (secondary N) is 1. The van der Waals surface area contributed by atoms with Crippen LogP contribution in [-0.4, -0.2) is 19.1 Å². The molecule has 0 bridgehead atoms. The Morgan fingerprint density at radius 1 is 1.00 bits per heavy atom. The van der Waals surface area contributed by atoms with Crippen molar-refractivity contribution < 1.29 is 9.53 Å². The smallest absolute Gasteiger partial charge is 0.251 e. The number of carbonyl (C=O) groups excluding carboxylic acids is 1. The summed E-state index contributed by atoms with van der Waals surface area (Å²) in [7, 11) is 0. The molecule has 0 radical (unpaired) electrons. The Bertz CT molecular complexity index is 827. The fraction of sp³-hybridized carbons (Fsp3) is 0.105. The van der Waals surface area contributed by atoms with Gasteiger partial charge < -0.3 is 10.1 Å². The predicted octanol–water partition coefficient (Wildman–Crippen LogP) is 4.30. The molecule has 3 aromatic rings. The van der Waals surface area contributed by atoms with Crippen LogP contribution in [0.25, 0.3) is 10.8 Å². The maximum Gasteiger partial charge on any atom is 0.251 e. The number of carbonyl (C=O) groups is 1. The minimum Gasteiger partial charge on any atom is -0.491 e. The van der Waals surface area contributed by atoms with Crippen LogP contribution < -0.4 is 10.1 Å². The highest BCUT2D eigenvalue weighted by atomic mass is 35.5. The molecule has 1 N–H and O–H groups in total. The minimum absolute atomic E-state index is 0.158. The Balaban J connectivity index is 1.56. The summed E-state index contributed by atoms with van der Waals surface area (Å²) < 4.78 is 5.79. The van der Waals surface area contributed by atoms with Gasteiger partial charge in [-0.3, -0.25) is 4.79 Å². The summed E-state index contributed by atoms with van der Waals surface area (Å²) in [6.45, 7) is 0.828. The van der Waals surface area contributed by atoms with E-state index in [1.807, 2.05) is 42.5 Å². The minimum atomic E-state index is -0.158. The lowest BCUT2D eigenvalue weighted by molar-refractivity contribution is 0.0947. The van der Waals surface area contributed by atoms with Crippen LogP contribution in [0.2, 0.25) is 5.02 Å². The summed E-state index contributed by atoms with van der Waals surface area (Å²) >= 11 is 5.88. The van der Waals surface area contributed by atoms with Gasteiger partial charge in [-0.25, -0.2) is 0 Å². The first kappa shape index (κ1) is 15.4. The fourth-order valence-corrected chi connectivity index (χ4v) is 2.57. The molecule has 0 saturated heterocycles. The maximum absolute atomic E-state index is 12.0. The van der Waals surface area contributed by atoms with Gasteiger partial charge in [0, 0.05) is 16.0 Å². The van der Waals surface area contributed by atoms with E-state index < -0.39 is 0 Å². The first-order chi connectivity index (χ1) is 11.2. The van der Waals surface area contributed by atoms with Crippen LogP contribution in [0.4, 0.5) is 0 Å². The van der Waals surface area contributed by atoms with Crippen LogP contribution >= 0.6 is 11.6 Å². The molecule has 1 amide bonds. The predicted molar refractivity (Wildman–Crippen MR) is 93.2 cm³/mol. The fourth-order valence-electron chi connectivity index (χ4n) is 2.38. The molecule has 0 atom stereocenters. The third-order valence-corrected chi connectivity index (χ3v) is 3.72. The number of halogens is 1. The van der Waals surface area contributed by atoms with Crippen LogP contribution in [0.3, 0.4) is 0 Å². The molecule has 3 nitrogen and oxygen atoms in total. The van der Waals surface area contributed by atoms with Crippen molar-refractivity contribution in [3.05, 3.63) is 77.3 Å². The van der Waals surface area contributed by atoms with Gasteiger partial charge in [0.15, 0.2) is 0 Å². The topological polar surface area (TPSA) is 38.3 Å². The molecule has 116 valence electrons.